The van der Waals surface area contributed by atoms with Gasteiger partial charge >= 0.3 is 5.97 Å². The van der Waals surface area contributed by atoms with Gasteiger partial charge in [0, 0.05) is 6.54 Å². The first-order chi connectivity index (χ1) is 10.2. The van der Waals surface area contributed by atoms with Gasteiger partial charge in [0.05, 0.1) is 23.1 Å². The van der Waals surface area contributed by atoms with Crippen LogP contribution in [0, 0.1) is 0 Å². The Bertz CT molecular complexity index is 730. The molecule has 0 bridgehead atoms. The third-order valence-electron chi connectivity index (χ3n) is 3.26. The number of fused-ring (bicyclic) bond motifs is 1. The summed E-state index contributed by atoms with van der Waals surface area (Å²) < 4.78 is 0. The molecule has 0 amide bonds. The van der Waals surface area contributed by atoms with Gasteiger partial charge in [-0.1, -0.05) is 24.3 Å². The molecule has 5 nitrogen and oxygen atoms in total. The number of para-hydroxylation sites is 2. The Morgan fingerprint density at radius 3 is 2.57 bits per heavy atom. The van der Waals surface area contributed by atoms with Crippen molar-refractivity contribution in [3.8, 4) is 0 Å². The van der Waals surface area contributed by atoms with Crippen molar-refractivity contribution in [3.63, 3.8) is 0 Å². The van der Waals surface area contributed by atoms with Gasteiger partial charge in [0.25, 0.3) is 0 Å². The molecule has 3 aromatic rings. The Hall–Kier alpha value is -2.66. The van der Waals surface area contributed by atoms with Crippen LogP contribution in [-0.4, -0.2) is 21.0 Å². The summed E-state index contributed by atoms with van der Waals surface area (Å²) in [6.45, 7) is 1.30. The first-order valence-corrected chi connectivity index (χ1v) is 6.69. The molecule has 1 heterocycles. The number of nitrogens with zero attached hydrogens (tertiary/aromatic N) is 1. The number of aromatic nitrogens is 2. The van der Waals surface area contributed by atoms with Crippen LogP contribution in [0.4, 0.5) is 0 Å². The van der Waals surface area contributed by atoms with Gasteiger partial charge in [-0.05, 0) is 29.8 Å². The topological polar surface area (TPSA) is 78.0 Å². The van der Waals surface area contributed by atoms with Gasteiger partial charge in [0.1, 0.15) is 5.82 Å². The highest BCUT2D eigenvalue weighted by molar-refractivity contribution is 5.87. The molecule has 0 fully saturated rings. The zero-order valence-corrected chi connectivity index (χ0v) is 11.3. The molecule has 2 aromatic carbocycles. The number of hydrogen-bond acceptors (Lipinski definition) is 3. The Balaban J connectivity index is 1.59. The van der Waals surface area contributed by atoms with Crippen molar-refractivity contribution in [3.05, 3.63) is 65.5 Å². The Kier molecular flexibility index (Phi) is 3.66. The number of nitrogens with one attached hydrogen (secondary N) is 2. The summed E-state index contributed by atoms with van der Waals surface area (Å²) in [6.07, 6.45) is 0. The Morgan fingerprint density at radius 2 is 1.86 bits per heavy atom. The number of carboxylic acids is 1. The minimum atomic E-state index is -0.906. The van der Waals surface area contributed by atoms with Crippen LogP contribution in [0.15, 0.2) is 48.5 Å². The number of aromatic carboxylic acids is 1. The summed E-state index contributed by atoms with van der Waals surface area (Å²) in [4.78, 5) is 18.5. The maximum Gasteiger partial charge on any atom is 0.335 e. The molecule has 3 rings (SSSR count). The lowest BCUT2D eigenvalue weighted by molar-refractivity contribution is 0.0697. The minimum Gasteiger partial charge on any atom is -0.478 e. The van der Waals surface area contributed by atoms with E-state index in [9.17, 15) is 4.79 Å². The van der Waals surface area contributed by atoms with Gasteiger partial charge in [-0.3, -0.25) is 0 Å². The summed E-state index contributed by atoms with van der Waals surface area (Å²) in [5.74, 6) is -0.0184. The van der Waals surface area contributed by atoms with Crippen LogP contribution in [0.1, 0.15) is 21.7 Å². The van der Waals surface area contributed by atoms with Crippen LogP contribution in [0.2, 0.25) is 0 Å². The Morgan fingerprint density at radius 1 is 1.10 bits per heavy atom. The van der Waals surface area contributed by atoms with Crippen molar-refractivity contribution in [1.29, 1.82) is 0 Å². The first-order valence-electron chi connectivity index (χ1n) is 6.69. The van der Waals surface area contributed by atoms with Crippen LogP contribution in [0.25, 0.3) is 11.0 Å². The first kappa shape index (κ1) is 13.3. The van der Waals surface area contributed by atoms with Gasteiger partial charge in [-0.2, -0.15) is 0 Å². The largest absolute Gasteiger partial charge is 0.478 e. The highest BCUT2D eigenvalue weighted by atomic mass is 16.4. The SMILES string of the molecule is O=C(O)c1ccc(CNCc2nc3ccccc3[nH]2)cc1. The molecule has 0 spiro atoms. The van der Waals surface area contributed by atoms with Gasteiger partial charge in [-0.25, -0.2) is 9.78 Å². The van der Waals surface area contributed by atoms with E-state index in [0.29, 0.717) is 18.7 Å². The fourth-order valence-corrected chi connectivity index (χ4v) is 2.18. The molecule has 0 unspecified atom stereocenters. The summed E-state index contributed by atoms with van der Waals surface area (Å²) in [6, 6.07) is 14.8. The van der Waals surface area contributed by atoms with Gasteiger partial charge in [0.15, 0.2) is 0 Å². The molecule has 0 saturated carbocycles. The number of hydrogen-bond donors (Lipinski definition) is 3. The van der Waals surface area contributed by atoms with Crippen molar-refractivity contribution in [2.75, 3.05) is 0 Å². The van der Waals surface area contributed by atoms with E-state index in [0.717, 1.165) is 22.4 Å². The lowest BCUT2D eigenvalue weighted by Gasteiger charge is -2.03. The summed E-state index contributed by atoms with van der Waals surface area (Å²) in [7, 11) is 0. The highest BCUT2D eigenvalue weighted by Crippen LogP contribution is 2.10. The molecule has 0 aliphatic rings. The monoisotopic (exact) mass is 281 g/mol. The summed E-state index contributed by atoms with van der Waals surface area (Å²) in [5, 5.41) is 12.1. The Labute approximate surface area is 121 Å². The van der Waals surface area contributed by atoms with E-state index in [1.165, 1.54) is 0 Å². The lowest BCUT2D eigenvalue weighted by Crippen LogP contribution is -2.13. The van der Waals surface area contributed by atoms with Crippen molar-refractivity contribution >= 4 is 17.0 Å². The van der Waals surface area contributed by atoms with Gasteiger partial charge in [0.2, 0.25) is 0 Å². The molecule has 5 heteroatoms. The van der Waals surface area contributed by atoms with Crippen LogP contribution in [0.5, 0.6) is 0 Å². The van der Waals surface area contributed by atoms with E-state index in [-0.39, 0.29) is 0 Å². The highest BCUT2D eigenvalue weighted by Gasteiger charge is 2.03. The standard InChI is InChI=1S/C16H15N3O2/c20-16(21)12-7-5-11(6-8-12)9-17-10-15-18-13-3-1-2-4-14(13)19-15/h1-8,17H,9-10H2,(H,18,19)(H,20,21). The maximum absolute atomic E-state index is 10.8. The average Bonchev–Trinajstić information content (AvgIpc) is 2.90. The molecule has 1 aromatic heterocycles. The van der Waals surface area contributed by atoms with E-state index in [2.05, 4.69) is 15.3 Å². The predicted octanol–water partition coefficient (Wildman–Crippen LogP) is 2.55. The summed E-state index contributed by atoms with van der Waals surface area (Å²) >= 11 is 0. The van der Waals surface area contributed by atoms with Crippen molar-refractivity contribution in [2.45, 2.75) is 13.1 Å². The number of rotatable bonds is 5. The van der Waals surface area contributed by atoms with Crippen molar-refractivity contribution in [1.82, 2.24) is 15.3 Å². The third kappa shape index (κ3) is 3.09. The molecule has 0 radical (unpaired) electrons. The molecule has 106 valence electrons. The number of aromatic amines is 1. The molecular formula is C16H15N3O2. The van der Waals surface area contributed by atoms with Crippen LogP contribution >= 0.6 is 0 Å². The van der Waals surface area contributed by atoms with Crippen molar-refractivity contribution in [2.24, 2.45) is 0 Å². The second-order valence-electron chi connectivity index (χ2n) is 4.81. The third-order valence-corrected chi connectivity index (χ3v) is 3.26. The second kappa shape index (κ2) is 5.76. The zero-order valence-electron chi connectivity index (χ0n) is 11.3. The normalized spacial score (nSPS) is 10.9. The van der Waals surface area contributed by atoms with Crippen molar-refractivity contribution < 1.29 is 9.90 Å². The smallest absolute Gasteiger partial charge is 0.335 e. The van der Waals surface area contributed by atoms with Gasteiger partial charge < -0.3 is 15.4 Å². The number of carboxylic acid groups (broad SMARTS) is 1. The molecule has 3 N–H and O–H groups in total. The zero-order chi connectivity index (χ0) is 14.7. The fourth-order valence-electron chi connectivity index (χ4n) is 2.18. The number of benzene rings is 2. The van der Waals surface area contributed by atoms with E-state index >= 15 is 0 Å². The van der Waals surface area contributed by atoms with E-state index in [1.54, 1.807) is 12.1 Å². The van der Waals surface area contributed by atoms with Crippen LogP contribution < -0.4 is 5.32 Å². The quantitative estimate of drug-likeness (QED) is 0.671. The molecule has 0 saturated heterocycles. The minimum absolute atomic E-state index is 0.302. The number of imidazole rings is 1. The molecular weight excluding hydrogens is 266 g/mol. The van der Waals surface area contributed by atoms with Crippen LogP contribution in [0.3, 0.4) is 0 Å². The van der Waals surface area contributed by atoms with E-state index in [1.807, 2.05) is 36.4 Å². The van der Waals surface area contributed by atoms with Crippen LogP contribution in [-0.2, 0) is 13.1 Å². The fraction of sp³-hybridized carbons (Fsp3) is 0.125. The van der Waals surface area contributed by atoms with Gasteiger partial charge in [-0.15, -0.1) is 0 Å². The lowest BCUT2D eigenvalue weighted by atomic mass is 10.1. The summed E-state index contributed by atoms with van der Waals surface area (Å²) in [5.41, 5.74) is 3.33. The number of H-pyrrole nitrogens is 1. The second-order valence-corrected chi connectivity index (χ2v) is 4.81. The molecule has 21 heavy (non-hydrogen) atoms. The number of carbonyl (C=O) groups is 1. The maximum atomic E-state index is 10.8. The molecule has 0 aliphatic carbocycles. The van der Waals surface area contributed by atoms with E-state index in [4.69, 9.17) is 5.11 Å². The molecule has 0 atom stereocenters. The predicted molar refractivity (Wildman–Crippen MR) is 80.0 cm³/mol. The molecule has 0 aliphatic heterocycles. The average molecular weight is 281 g/mol. The van der Waals surface area contributed by atoms with E-state index < -0.39 is 5.97 Å².